The third-order valence-corrected chi connectivity index (χ3v) is 2.63. The highest BCUT2D eigenvalue weighted by Gasteiger charge is 2.37. The second-order valence-electron chi connectivity index (χ2n) is 4.40. The Morgan fingerprint density at radius 1 is 1.52 bits per heavy atom. The van der Waals surface area contributed by atoms with Crippen molar-refractivity contribution in [2.45, 2.75) is 26.1 Å². The summed E-state index contributed by atoms with van der Waals surface area (Å²) in [5, 5.41) is 3.41. The number of hydrogen-bond donors (Lipinski definition) is 1. The molecule has 1 rings (SSSR count). The zero-order chi connectivity index (χ0) is 15.7. The molecule has 8 heteroatoms. The first kappa shape index (κ1) is 16.8. The van der Waals surface area contributed by atoms with Crippen molar-refractivity contribution in [3.63, 3.8) is 0 Å². The third-order valence-electron chi connectivity index (χ3n) is 2.63. The minimum atomic E-state index is -1.40. The molecular weight excluding hydrogens is 276 g/mol. The van der Waals surface area contributed by atoms with Crippen molar-refractivity contribution in [2.75, 3.05) is 13.2 Å². The van der Waals surface area contributed by atoms with Crippen molar-refractivity contribution >= 4 is 5.97 Å². The summed E-state index contributed by atoms with van der Waals surface area (Å²) >= 11 is 0. The average Bonchev–Trinajstić information content (AvgIpc) is 2.46. The first-order chi connectivity index (χ1) is 10.1. The fourth-order valence-electron chi connectivity index (χ4n) is 1.64. The van der Waals surface area contributed by atoms with Gasteiger partial charge in [-0.15, -0.1) is 0 Å². The maximum atomic E-state index is 12.0. The van der Waals surface area contributed by atoms with Gasteiger partial charge >= 0.3 is 5.97 Å². The minimum absolute atomic E-state index is 0.181. The van der Waals surface area contributed by atoms with E-state index in [4.69, 9.17) is 20.9 Å². The summed E-state index contributed by atoms with van der Waals surface area (Å²) in [5.41, 5.74) is 7.83. The molecule has 1 unspecified atom stereocenters. The molecule has 1 aromatic rings. The quantitative estimate of drug-likeness (QED) is 0.259. The van der Waals surface area contributed by atoms with Gasteiger partial charge in [-0.25, -0.2) is 10.7 Å². The lowest BCUT2D eigenvalue weighted by molar-refractivity contribution is -0.159. The van der Waals surface area contributed by atoms with E-state index < -0.39 is 11.6 Å². The standard InChI is InChI=1S/C13H18N4O4/c1-3-19-12(18)13(2,9-16-17-14)21-11-6-4-5-10(7-11)8-20-15/h4-7H,3,8-9,15H2,1-2H3. The number of carbonyl (C=O) groups excluding carboxylic acids is 1. The van der Waals surface area contributed by atoms with Crippen LogP contribution in [0.5, 0.6) is 5.75 Å². The van der Waals surface area contributed by atoms with E-state index in [2.05, 4.69) is 14.9 Å². The summed E-state index contributed by atoms with van der Waals surface area (Å²) in [6, 6.07) is 6.89. The van der Waals surface area contributed by atoms with Crippen molar-refractivity contribution < 1.29 is 19.1 Å². The van der Waals surface area contributed by atoms with Gasteiger partial charge in [0, 0.05) is 4.91 Å². The predicted octanol–water partition coefficient (Wildman–Crippen LogP) is 2.09. The maximum Gasteiger partial charge on any atom is 0.350 e. The normalized spacial score (nSPS) is 12.9. The number of benzene rings is 1. The van der Waals surface area contributed by atoms with Gasteiger partial charge in [0.2, 0.25) is 5.60 Å². The Hall–Kier alpha value is -2.28. The summed E-state index contributed by atoms with van der Waals surface area (Å²) in [4.78, 5) is 19.2. The zero-order valence-corrected chi connectivity index (χ0v) is 12.0. The molecule has 0 amide bonds. The highest BCUT2D eigenvalue weighted by Crippen LogP contribution is 2.22. The van der Waals surface area contributed by atoms with Gasteiger partial charge in [-0.2, -0.15) is 0 Å². The van der Waals surface area contributed by atoms with Crippen LogP contribution in [-0.2, 0) is 21.0 Å². The molecule has 0 aromatic heterocycles. The number of esters is 1. The van der Waals surface area contributed by atoms with Crippen LogP contribution in [0.25, 0.3) is 10.4 Å². The molecule has 0 heterocycles. The van der Waals surface area contributed by atoms with Gasteiger partial charge in [-0.3, -0.25) is 4.84 Å². The van der Waals surface area contributed by atoms with Crippen molar-refractivity contribution in [3.05, 3.63) is 40.3 Å². The molecule has 0 fully saturated rings. The third kappa shape index (κ3) is 4.96. The summed E-state index contributed by atoms with van der Waals surface area (Å²) in [7, 11) is 0. The largest absolute Gasteiger partial charge is 0.476 e. The Bertz CT molecular complexity index is 531. The molecule has 1 atom stereocenters. The molecule has 0 aliphatic carbocycles. The van der Waals surface area contributed by atoms with E-state index in [1.165, 1.54) is 6.92 Å². The molecule has 8 nitrogen and oxygen atoms in total. The topological polar surface area (TPSA) is 120 Å². The second kappa shape index (κ2) is 8.11. The Morgan fingerprint density at radius 2 is 2.29 bits per heavy atom. The van der Waals surface area contributed by atoms with Crippen molar-refractivity contribution in [1.29, 1.82) is 0 Å². The van der Waals surface area contributed by atoms with E-state index in [1.807, 2.05) is 0 Å². The van der Waals surface area contributed by atoms with Gasteiger partial charge in [-0.05, 0) is 37.1 Å². The van der Waals surface area contributed by atoms with E-state index in [9.17, 15) is 4.79 Å². The highest BCUT2D eigenvalue weighted by atomic mass is 16.6. The van der Waals surface area contributed by atoms with Gasteiger partial charge in [0.25, 0.3) is 0 Å². The van der Waals surface area contributed by atoms with Crippen molar-refractivity contribution in [3.8, 4) is 5.75 Å². The van der Waals surface area contributed by atoms with Crippen LogP contribution in [0.15, 0.2) is 29.4 Å². The van der Waals surface area contributed by atoms with E-state index in [1.54, 1.807) is 31.2 Å². The molecule has 0 radical (unpaired) electrons. The van der Waals surface area contributed by atoms with Crippen molar-refractivity contribution in [1.82, 2.24) is 0 Å². The van der Waals surface area contributed by atoms with Crippen LogP contribution in [0.3, 0.4) is 0 Å². The van der Waals surface area contributed by atoms with E-state index >= 15 is 0 Å². The van der Waals surface area contributed by atoms with Gasteiger partial charge in [-0.1, -0.05) is 17.2 Å². The minimum Gasteiger partial charge on any atom is -0.476 e. The average molecular weight is 294 g/mol. The summed E-state index contributed by atoms with van der Waals surface area (Å²) < 4.78 is 10.6. The van der Waals surface area contributed by atoms with E-state index in [0.29, 0.717) is 5.75 Å². The molecule has 0 bridgehead atoms. The van der Waals surface area contributed by atoms with Gasteiger partial charge in [0.15, 0.2) is 0 Å². The molecule has 0 aliphatic heterocycles. The monoisotopic (exact) mass is 294 g/mol. The summed E-state index contributed by atoms with van der Waals surface area (Å²) in [6.45, 7) is 3.43. The number of carbonyl (C=O) groups is 1. The van der Waals surface area contributed by atoms with Crippen LogP contribution in [0.2, 0.25) is 0 Å². The zero-order valence-electron chi connectivity index (χ0n) is 12.0. The maximum absolute atomic E-state index is 12.0. The lowest BCUT2D eigenvalue weighted by Crippen LogP contribution is -2.45. The molecule has 0 spiro atoms. The lowest BCUT2D eigenvalue weighted by Gasteiger charge is -2.27. The smallest absolute Gasteiger partial charge is 0.350 e. The Balaban J connectivity index is 2.97. The Morgan fingerprint density at radius 3 is 2.90 bits per heavy atom. The predicted molar refractivity (Wildman–Crippen MR) is 75.1 cm³/mol. The van der Waals surface area contributed by atoms with Crippen LogP contribution in [0.4, 0.5) is 0 Å². The van der Waals surface area contributed by atoms with Gasteiger partial charge in [0.05, 0.1) is 19.8 Å². The number of rotatable bonds is 8. The Kier molecular flexibility index (Phi) is 6.48. The van der Waals surface area contributed by atoms with E-state index in [0.717, 1.165) is 5.56 Å². The van der Waals surface area contributed by atoms with Crippen molar-refractivity contribution in [2.24, 2.45) is 11.0 Å². The molecule has 0 aliphatic rings. The van der Waals surface area contributed by atoms with Gasteiger partial charge < -0.3 is 9.47 Å². The van der Waals surface area contributed by atoms with Gasteiger partial charge in [0.1, 0.15) is 5.75 Å². The Labute approximate surface area is 122 Å². The molecule has 0 saturated carbocycles. The van der Waals surface area contributed by atoms with Crippen LogP contribution >= 0.6 is 0 Å². The number of azide groups is 1. The summed E-state index contributed by atoms with van der Waals surface area (Å²) in [5.74, 6) is 4.85. The second-order valence-corrected chi connectivity index (χ2v) is 4.40. The molecule has 114 valence electrons. The number of nitrogens with two attached hydrogens (primary N) is 1. The molecule has 1 aromatic carbocycles. The molecule has 21 heavy (non-hydrogen) atoms. The lowest BCUT2D eigenvalue weighted by atomic mass is 10.1. The van der Waals surface area contributed by atoms with Crippen LogP contribution in [-0.4, -0.2) is 24.7 Å². The number of nitrogens with zero attached hydrogens (tertiary/aromatic N) is 3. The fourth-order valence-corrected chi connectivity index (χ4v) is 1.64. The fraction of sp³-hybridized carbons (Fsp3) is 0.462. The van der Waals surface area contributed by atoms with E-state index in [-0.39, 0.29) is 19.8 Å². The van der Waals surface area contributed by atoms with Crippen LogP contribution in [0.1, 0.15) is 19.4 Å². The first-order valence-corrected chi connectivity index (χ1v) is 6.33. The number of hydrogen-bond acceptors (Lipinski definition) is 6. The number of ether oxygens (including phenoxy) is 2. The van der Waals surface area contributed by atoms with Crippen LogP contribution in [0, 0.1) is 0 Å². The summed E-state index contributed by atoms with van der Waals surface area (Å²) in [6.07, 6.45) is 0. The SMILES string of the molecule is CCOC(=O)C(C)(CN=[N+]=[N-])Oc1cccc(CON)c1. The molecular formula is C13H18N4O4. The molecule has 0 saturated heterocycles. The highest BCUT2D eigenvalue weighted by molar-refractivity contribution is 5.80. The molecule has 2 N–H and O–H groups in total. The first-order valence-electron chi connectivity index (χ1n) is 6.33. The van der Waals surface area contributed by atoms with Crippen LogP contribution < -0.4 is 10.6 Å².